The molecule has 1 heterocycles. The van der Waals surface area contributed by atoms with E-state index in [1.165, 1.54) is 0 Å². The molecule has 3 rings (SSSR count). The molecule has 2 aromatic rings. The van der Waals surface area contributed by atoms with Crippen molar-refractivity contribution in [2.45, 2.75) is 18.3 Å². The highest BCUT2D eigenvalue weighted by molar-refractivity contribution is 7.92. The minimum atomic E-state index is -3.63. The lowest BCUT2D eigenvalue weighted by Crippen LogP contribution is -2.47. The number of benzene rings is 2. The quantitative estimate of drug-likeness (QED) is 0.724. The fourth-order valence-corrected chi connectivity index (χ4v) is 4.57. The second-order valence-electron chi connectivity index (χ2n) is 7.28. The SMILES string of the molecule is CS(=O)(=O)N(CC(=O)NCC1(c2ccccc2)CCOCC1)c1ccc(Cl)cc1. The standard InChI is InChI=1S/C21H25ClN2O4S/c1-29(26,27)24(19-9-7-18(22)8-10-19)15-20(25)23-16-21(11-13-28-14-12-21)17-5-3-2-4-6-17/h2-10H,11-16H2,1H3,(H,23,25). The minimum Gasteiger partial charge on any atom is -0.381 e. The maximum atomic E-state index is 12.7. The van der Waals surface area contributed by atoms with Crippen LogP contribution >= 0.6 is 11.6 Å². The number of halogens is 1. The summed E-state index contributed by atoms with van der Waals surface area (Å²) in [5, 5.41) is 3.45. The third-order valence-electron chi connectivity index (χ3n) is 5.26. The van der Waals surface area contributed by atoms with Crippen LogP contribution in [0, 0.1) is 0 Å². The van der Waals surface area contributed by atoms with Crippen LogP contribution in [0.1, 0.15) is 18.4 Å². The molecule has 1 aliphatic heterocycles. The molecular formula is C21H25ClN2O4S. The van der Waals surface area contributed by atoms with E-state index in [1.807, 2.05) is 18.2 Å². The van der Waals surface area contributed by atoms with Gasteiger partial charge in [0.15, 0.2) is 0 Å². The summed E-state index contributed by atoms with van der Waals surface area (Å²) >= 11 is 5.89. The van der Waals surface area contributed by atoms with Gasteiger partial charge >= 0.3 is 0 Å². The number of nitrogens with one attached hydrogen (secondary N) is 1. The lowest BCUT2D eigenvalue weighted by Gasteiger charge is -2.38. The number of amides is 1. The van der Waals surface area contributed by atoms with E-state index in [4.69, 9.17) is 16.3 Å². The van der Waals surface area contributed by atoms with Gasteiger partial charge in [0.05, 0.1) is 11.9 Å². The molecule has 0 saturated carbocycles. The van der Waals surface area contributed by atoms with Gasteiger partial charge in [-0.2, -0.15) is 0 Å². The summed E-state index contributed by atoms with van der Waals surface area (Å²) in [5.41, 5.74) is 1.34. The number of ether oxygens (including phenoxy) is 1. The van der Waals surface area contributed by atoms with Crippen molar-refractivity contribution in [3.05, 3.63) is 65.2 Å². The average molecular weight is 437 g/mol. The Morgan fingerprint density at radius 1 is 1.10 bits per heavy atom. The Morgan fingerprint density at radius 2 is 1.72 bits per heavy atom. The van der Waals surface area contributed by atoms with Crippen LogP contribution in [0.2, 0.25) is 5.02 Å². The fourth-order valence-electron chi connectivity index (χ4n) is 3.58. The molecule has 29 heavy (non-hydrogen) atoms. The van der Waals surface area contributed by atoms with Crippen LogP contribution in [0.15, 0.2) is 54.6 Å². The van der Waals surface area contributed by atoms with Gasteiger partial charge in [-0.1, -0.05) is 41.9 Å². The first kappa shape index (κ1) is 21.6. The zero-order valence-corrected chi connectivity index (χ0v) is 17.9. The van der Waals surface area contributed by atoms with Crippen LogP contribution in [-0.4, -0.2) is 46.9 Å². The van der Waals surface area contributed by atoms with E-state index >= 15 is 0 Å². The maximum Gasteiger partial charge on any atom is 0.240 e. The van der Waals surface area contributed by atoms with Crippen LogP contribution < -0.4 is 9.62 Å². The molecule has 1 amide bonds. The highest BCUT2D eigenvalue weighted by atomic mass is 35.5. The predicted octanol–water partition coefficient (Wildman–Crippen LogP) is 2.97. The second-order valence-corrected chi connectivity index (χ2v) is 9.62. The fraction of sp³-hybridized carbons (Fsp3) is 0.381. The van der Waals surface area contributed by atoms with E-state index in [-0.39, 0.29) is 17.9 Å². The summed E-state index contributed by atoms with van der Waals surface area (Å²) in [7, 11) is -3.63. The van der Waals surface area contributed by atoms with Gasteiger partial charge in [-0.15, -0.1) is 0 Å². The van der Waals surface area contributed by atoms with E-state index in [0.717, 1.165) is 29.0 Å². The first-order valence-corrected chi connectivity index (χ1v) is 11.7. The molecule has 2 aromatic carbocycles. The van der Waals surface area contributed by atoms with Crippen molar-refractivity contribution in [2.75, 3.05) is 36.9 Å². The number of hydrogen-bond donors (Lipinski definition) is 1. The summed E-state index contributed by atoms with van der Waals surface area (Å²) in [6.07, 6.45) is 2.67. The lowest BCUT2D eigenvalue weighted by atomic mass is 9.74. The van der Waals surface area contributed by atoms with E-state index in [0.29, 0.717) is 30.5 Å². The van der Waals surface area contributed by atoms with Gasteiger partial charge in [-0.05, 0) is 42.7 Å². The first-order chi connectivity index (χ1) is 13.8. The van der Waals surface area contributed by atoms with Gasteiger partial charge in [0.25, 0.3) is 0 Å². The third-order valence-corrected chi connectivity index (χ3v) is 6.65. The molecule has 0 radical (unpaired) electrons. The van der Waals surface area contributed by atoms with Crippen LogP contribution in [0.5, 0.6) is 0 Å². The van der Waals surface area contributed by atoms with Gasteiger partial charge in [-0.25, -0.2) is 8.42 Å². The minimum absolute atomic E-state index is 0.217. The topological polar surface area (TPSA) is 75.7 Å². The van der Waals surface area contributed by atoms with Crippen molar-refractivity contribution < 1.29 is 17.9 Å². The average Bonchev–Trinajstić information content (AvgIpc) is 2.72. The molecule has 0 unspecified atom stereocenters. The molecule has 0 atom stereocenters. The van der Waals surface area contributed by atoms with Crippen molar-refractivity contribution >= 4 is 33.2 Å². The summed E-state index contributed by atoms with van der Waals surface area (Å²) in [6.45, 7) is 1.40. The van der Waals surface area contributed by atoms with E-state index in [2.05, 4.69) is 17.4 Å². The van der Waals surface area contributed by atoms with E-state index in [1.54, 1.807) is 24.3 Å². The van der Waals surface area contributed by atoms with Crippen molar-refractivity contribution in [1.82, 2.24) is 5.32 Å². The van der Waals surface area contributed by atoms with Crippen molar-refractivity contribution in [3.8, 4) is 0 Å². The number of nitrogens with zero attached hydrogens (tertiary/aromatic N) is 1. The summed E-state index contributed by atoms with van der Waals surface area (Å²) in [5.74, 6) is -0.354. The molecule has 0 bridgehead atoms. The molecular weight excluding hydrogens is 412 g/mol. The Labute approximate surface area is 176 Å². The normalized spacial score (nSPS) is 16.2. The number of carbonyl (C=O) groups is 1. The van der Waals surface area contributed by atoms with Gasteiger partial charge < -0.3 is 10.1 Å². The smallest absolute Gasteiger partial charge is 0.240 e. The maximum absolute atomic E-state index is 12.7. The zero-order valence-electron chi connectivity index (χ0n) is 16.3. The molecule has 1 saturated heterocycles. The Hall–Kier alpha value is -2.09. The molecule has 0 aromatic heterocycles. The molecule has 1 aliphatic rings. The zero-order chi connectivity index (χ0) is 20.9. The third kappa shape index (κ3) is 5.50. The largest absolute Gasteiger partial charge is 0.381 e. The molecule has 1 fully saturated rings. The van der Waals surface area contributed by atoms with Crippen molar-refractivity contribution in [2.24, 2.45) is 0 Å². The Bertz CT molecular complexity index is 927. The number of hydrogen-bond acceptors (Lipinski definition) is 4. The number of sulfonamides is 1. The Kier molecular flexibility index (Phi) is 6.82. The van der Waals surface area contributed by atoms with Gasteiger partial charge in [-0.3, -0.25) is 9.10 Å². The second kappa shape index (κ2) is 9.15. The molecule has 1 N–H and O–H groups in total. The van der Waals surface area contributed by atoms with Gasteiger partial charge in [0.1, 0.15) is 6.54 Å². The molecule has 6 nitrogen and oxygen atoms in total. The van der Waals surface area contributed by atoms with E-state index < -0.39 is 10.0 Å². The van der Waals surface area contributed by atoms with Crippen LogP contribution in [-0.2, 0) is 25.0 Å². The van der Waals surface area contributed by atoms with E-state index in [9.17, 15) is 13.2 Å². The highest BCUT2D eigenvalue weighted by Gasteiger charge is 2.35. The monoisotopic (exact) mass is 436 g/mol. The molecule has 156 valence electrons. The highest BCUT2D eigenvalue weighted by Crippen LogP contribution is 2.34. The van der Waals surface area contributed by atoms with Crippen molar-refractivity contribution in [1.29, 1.82) is 0 Å². The molecule has 0 aliphatic carbocycles. The number of anilines is 1. The molecule has 8 heteroatoms. The number of carbonyl (C=O) groups excluding carboxylic acids is 1. The van der Waals surface area contributed by atoms with Crippen LogP contribution in [0.3, 0.4) is 0 Å². The lowest BCUT2D eigenvalue weighted by molar-refractivity contribution is -0.120. The van der Waals surface area contributed by atoms with Crippen LogP contribution in [0.4, 0.5) is 5.69 Å². The van der Waals surface area contributed by atoms with Crippen LogP contribution in [0.25, 0.3) is 0 Å². The van der Waals surface area contributed by atoms with Crippen molar-refractivity contribution in [3.63, 3.8) is 0 Å². The summed E-state index contributed by atoms with van der Waals surface area (Å²) < 4.78 is 31.1. The summed E-state index contributed by atoms with van der Waals surface area (Å²) in [6, 6.07) is 16.4. The first-order valence-electron chi connectivity index (χ1n) is 9.43. The van der Waals surface area contributed by atoms with Gasteiger partial charge in [0.2, 0.25) is 15.9 Å². The molecule has 0 spiro atoms. The van der Waals surface area contributed by atoms with Gasteiger partial charge in [0, 0.05) is 30.2 Å². The Balaban J connectivity index is 1.73. The Morgan fingerprint density at radius 3 is 2.31 bits per heavy atom. The summed E-state index contributed by atoms with van der Waals surface area (Å²) in [4.78, 5) is 12.7. The predicted molar refractivity (Wildman–Crippen MR) is 115 cm³/mol. The number of rotatable bonds is 7.